The quantitative estimate of drug-likeness (QED) is 0.498. The third kappa shape index (κ3) is 5.20. The molecule has 2 aromatic rings. The van der Waals surface area contributed by atoms with E-state index in [2.05, 4.69) is 27.5 Å². The highest BCUT2D eigenvalue weighted by Gasteiger charge is 2.13. The van der Waals surface area contributed by atoms with Crippen LogP contribution in [-0.2, 0) is 11.2 Å². The maximum absolute atomic E-state index is 10.8. The zero-order chi connectivity index (χ0) is 19.1. The molecule has 0 aliphatic heterocycles. The molecule has 5 nitrogen and oxygen atoms in total. The van der Waals surface area contributed by atoms with Crippen molar-refractivity contribution in [2.75, 3.05) is 13.7 Å². The van der Waals surface area contributed by atoms with Crippen molar-refractivity contribution in [1.82, 2.24) is 0 Å². The number of benzene rings is 2. The highest BCUT2D eigenvalue weighted by atomic mass is 79.9. The fourth-order valence-electron chi connectivity index (χ4n) is 2.37. The maximum atomic E-state index is 10.8. The number of carboxylic acid groups (broad SMARTS) is 1. The topological polar surface area (TPSA) is 68.1 Å². The normalized spacial score (nSPS) is 10.7. The summed E-state index contributed by atoms with van der Waals surface area (Å²) in [6.45, 7) is 5.30. The second-order valence-electron chi connectivity index (χ2n) is 5.58. The Hall–Kier alpha value is -2.60. The fourth-order valence-corrected chi connectivity index (χ4v) is 2.62. The number of carbonyl (C=O) groups is 1. The number of nitrogens with zero attached hydrogens (tertiary/aromatic N) is 1. The summed E-state index contributed by atoms with van der Waals surface area (Å²) < 4.78 is 11.8. The molecule has 0 radical (unpaired) electrons. The molecule has 1 N–H and O–H groups in total. The summed E-state index contributed by atoms with van der Waals surface area (Å²) in [6.07, 6.45) is 3.98. The van der Waals surface area contributed by atoms with E-state index in [1.54, 1.807) is 18.4 Å². The van der Waals surface area contributed by atoms with E-state index in [1.807, 2.05) is 31.2 Å². The number of halogens is 1. The summed E-state index contributed by atoms with van der Waals surface area (Å²) in [6, 6.07) is 9.50. The zero-order valence-electron chi connectivity index (χ0n) is 14.7. The van der Waals surface area contributed by atoms with Crippen molar-refractivity contribution in [1.29, 1.82) is 0 Å². The molecule has 0 unspecified atom stereocenters. The van der Waals surface area contributed by atoms with E-state index in [9.17, 15) is 4.79 Å². The van der Waals surface area contributed by atoms with E-state index in [-0.39, 0.29) is 0 Å². The maximum Gasteiger partial charge on any atom is 0.341 e. The summed E-state index contributed by atoms with van der Waals surface area (Å²) in [5.74, 6) is -0.182. The van der Waals surface area contributed by atoms with Gasteiger partial charge >= 0.3 is 5.97 Å². The Kier molecular flexibility index (Phi) is 6.97. The van der Waals surface area contributed by atoms with Crippen LogP contribution in [0, 0.1) is 6.92 Å². The number of aryl methyl sites for hydroxylation is 1. The zero-order valence-corrected chi connectivity index (χ0v) is 16.2. The van der Waals surface area contributed by atoms with Crippen LogP contribution in [0.1, 0.15) is 16.7 Å². The van der Waals surface area contributed by atoms with Crippen LogP contribution < -0.4 is 9.47 Å². The minimum Gasteiger partial charge on any atom is -0.493 e. The molecule has 0 amide bonds. The predicted molar refractivity (Wildman–Crippen MR) is 106 cm³/mol. The Balaban J connectivity index is 2.37. The van der Waals surface area contributed by atoms with E-state index in [4.69, 9.17) is 14.6 Å². The Labute approximate surface area is 161 Å². The van der Waals surface area contributed by atoms with Crippen LogP contribution >= 0.6 is 15.9 Å². The Morgan fingerprint density at radius 2 is 2.12 bits per heavy atom. The first-order valence-corrected chi connectivity index (χ1v) is 8.70. The summed E-state index contributed by atoms with van der Waals surface area (Å²) >= 11 is 3.47. The average Bonchev–Trinajstić information content (AvgIpc) is 2.61. The molecular weight excluding hydrogens is 398 g/mol. The number of ether oxygens (including phenoxy) is 2. The first-order chi connectivity index (χ1) is 12.4. The molecule has 2 aromatic carbocycles. The van der Waals surface area contributed by atoms with Crippen LogP contribution in [0.3, 0.4) is 0 Å². The van der Waals surface area contributed by atoms with Crippen molar-refractivity contribution < 1.29 is 19.4 Å². The van der Waals surface area contributed by atoms with Crippen molar-refractivity contribution >= 4 is 33.8 Å². The van der Waals surface area contributed by atoms with Gasteiger partial charge in [-0.05, 0) is 54.8 Å². The van der Waals surface area contributed by atoms with Gasteiger partial charge in [0.25, 0.3) is 0 Å². The number of carboxylic acids is 1. The average molecular weight is 418 g/mol. The molecule has 0 aliphatic rings. The predicted octanol–water partition coefficient (Wildman–Crippen LogP) is 4.71. The molecule has 0 saturated heterocycles. The number of aliphatic imine (C=N–C) groups is 1. The molecule has 0 aromatic heterocycles. The first-order valence-electron chi connectivity index (χ1n) is 7.91. The highest BCUT2D eigenvalue weighted by Crippen LogP contribution is 2.33. The molecular formula is C20H20BrNO4. The molecule has 6 heteroatoms. The van der Waals surface area contributed by atoms with E-state index in [1.165, 1.54) is 7.11 Å². The van der Waals surface area contributed by atoms with Crippen molar-refractivity contribution in [3.05, 3.63) is 64.1 Å². The van der Waals surface area contributed by atoms with Crippen LogP contribution in [0.5, 0.6) is 11.5 Å². The molecule has 26 heavy (non-hydrogen) atoms. The van der Waals surface area contributed by atoms with Crippen LogP contribution in [0.2, 0.25) is 0 Å². The van der Waals surface area contributed by atoms with Gasteiger partial charge in [-0.3, -0.25) is 4.99 Å². The smallest absolute Gasteiger partial charge is 0.341 e. The monoisotopic (exact) mass is 417 g/mol. The second-order valence-corrected chi connectivity index (χ2v) is 6.43. The standard InChI is InChI=1S/C20H20BrNO4/c1-4-5-15-9-14(10-18(25-3)20(15)26-12-19(23)24)11-22-16-6-7-17(21)13(2)8-16/h4,6-11H,1,5,12H2,2-3H3,(H,23,24). The number of allylic oxidation sites excluding steroid dienone is 1. The Bertz CT molecular complexity index is 846. The van der Waals surface area contributed by atoms with E-state index in [0.29, 0.717) is 17.9 Å². The largest absolute Gasteiger partial charge is 0.493 e. The summed E-state index contributed by atoms with van der Waals surface area (Å²) in [7, 11) is 1.51. The Morgan fingerprint density at radius 3 is 2.73 bits per heavy atom. The van der Waals surface area contributed by atoms with Crippen LogP contribution in [0.4, 0.5) is 5.69 Å². The van der Waals surface area contributed by atoms with Gasteiger partial charge in [-0.2, -0.15) is 0 Å². The Morgan fingerprint density at radius 1 is 1.35 bits per heavy atom. The molecule has 0 atom stereocenters. The number of hydrogen-bond donors (Lipinski definition) is 1. The van der Waals surface area contributed by atoms with E-state index < -0.39 is 12.6 Å². The number of methoxy groups -OCH3 is 1. The minimum atomic E-state index is -1.05. The molecule has 0 bridgehead atoms. The number of rotatable bonds is 8. The summed E-state index contributed by atoms with van der Waals surface area (Å²) in [5.41, 5.74) is 3.54. The van der Waals surface area contributed by atoms with Crippen LogP contribution in [0.15, 0.2) is 52.5 Å². The summed E-state index contributed by atoms with van der Waals surface area (Å²) in [4.78, 5) is 15.3. The van der Waals surface area contributed by atoms with Gasteiger partial charge in [-0.15, -0.1) is 6.58 Å². The van der Waals surface area contributed by atoms with Crippen molar-refractivity contribution in [3.8, 4) is 11.5 Å². The third-order valence-corrected chi connectivity index (χ3v) is 4.47. The lowest BCUT2D eigenvalue weighted by Gasteiger charge is -2.14. The van der Waals surface area contributed by atoms with Gasteiger partial charge in [0.05, 0.1) is 12.8 Å². The van der Waals surface area contributed by atoms with Gasteiger partial charge in [0.1, 0.15) is 0 Å². The van der Waals surface area contributed by atoms with Crippen molar-refractivity contribution in [2.45, 2.75) is 13.3 Å². The fraction of sp³-hybridized carbons (Fsp3) is 0.200. The van der Waals surface area contributed by atoms with Gasteiger partial charge in [-0.25, -0.2) is 4.79 Å². The molecule has 2 rings (SSSR count). The molecule has 0 fully saturated rings. The lowest BCUT2D eigenvalue weighted by Crippen LogP contribution is -2.11. The third-order valence-electron chi connectivity index (χ3n) is 3.58. The molecule has 136 valence electrons. The molecule has 0 saturated carbocycles. The second kappa shape index (κ2) is 9.20. The SMILES string of the molecule is C=CCc1cc(C=Nc2ccc(Br)c(C)c2)cc(OC)c1OCC(=O)O. The summed E-state index contributed by atoms with van der Waals surface area (Å²) in [5, 5.41) is 8.86. The van der Waals surface area contributed by atoms with Gasteiger partial charge in [-0.1, -0.05) is 22.0 Å². The minimum absolute atomic E-state index is 0.409. The van der Waals surface area contributed by atoms with Gasteiger partial charge in [0.15, 0.2) is 18.1 Å². The first kappa shape index (κ1) is 19.7. The number of hydrogen-bond acceptors (Lipinski definition) is 4. The lowest BCUT2D eigenvalue weighted by atomic mass is 10.1. The molecule has 0 heterocycles. The molecule has 0 aliphatic carbocycles. The van der Waals surface area contributed by atoms with Crippen molar-refractivity contribution in [2.24, 2.45) is 4.99 Å². The number of aliphatic carboxylic acids is 1. The molecule has 0 spiro atoms. The van der Waals surface area contributed by atoms with Gasteiger partial charge in [0.2, 0.25) is 0 Å². The lowest BCUT2D eigenvalue weighted by molar-refractivity contribution is -0.139. The van der Waals surface area contributed by atoms with E-state index >= 15 is 0 Å². The highest BCUT2D eigenvalue weighted by molar-refractivity contribution is 9.10. The van der Waals surface area contributed by atoms with Crippen LogP contribution in [0.25, 0.3) is 0 Å². The van der Waals surface area contributed by atoms with Gasteiger partial charge < -0.3 is 14.6 Å². The van der Waals surface area contributed by atoms with E-state index in [0.717, 1.165) is 26.9 Å². The van der Waals surface area contributed by atoms with Crippen LogP contribution in [-0.4, -0.2) is 31.0 Å². The van der Waals surface area contributed by atoms with Crippen molar-refractivity contribution in [3.63, 3.8) is 0 Å². The van der Waals surface area contributed by atoms with Gasteiger partial charge in [0, 0.05) is 16.3 Å².